The van der Waals surface area contributed by atoms with Crippen molar-refractivity contribution >= 4 is 40.0 Å². The summed E-state index contributed by atoms with van der Waals surface area (Å²) in [5, 5.41) is 1.11. The minimum atomic E-state index is -2.74. The van der Waals surface area contributed by atoms with Gasteiger partial charge in [0, 0.05) is 0 Å². The van der Waals surface area contributed by atoms with E-state index in [-0.39, 0.29) is 35.6 Å². The number of aryl methyl sites for hydroxylation is 2. The maximum Gasteiger partial charge on any atom is -0.147 e. The van der Waals surface area contributed by atoms with Gasteiger partial charge in [-0.25, -0.2) is 0 Å². The molecule has 4 aromatic rings. The summed E-state index contributed by atoms with van der Waals surface area (Å²) in [5.41, 5.74) is 6.77. The van der Waals surface area contributed by atoms with Gasteiger partial charge in [-0.3, -0.25) is 0 Å². The smallest absolute Gasteiger partial charge is 0.147 e. The largest absolute Gasteiger partial charge is 0.147 e. The number of halogens is 2. The summed E-state index contributed by atoms with van der Waals surface area (Å²) in [5.74, 6) is 1.80. The fraction of sp³-hybridized carbons (Fsp3) is 0.312. The van der Waals surface area contributed by atoms with Gasteiger partial charge in [0.05, 0.1) is 0 Å². The predicted molar refractivity (Wildman–Crippen MR) is 162 cm³/mol. The van der Waals surface area contributed by atoms with E-state index in [4.69, 9.17) is 6.64 Å². The third kappa shape index (κ3) is 7.93. The topological polar surface area (TPSA) is 31.4 Å². The Morgan fingerprint density at radius 3 is 1.68 bits per heavy atom. The molecule has 0 amide bonds. The third-order valence-corrected chi connectivity index (χ3v) is 8.41. The van der Waals surface area contributed by atoms with E-state index in [1.807, 2.05) is 24.4 Å². The zero-order chi connectivity index (χ0) is 26.1. The summed E-state index contributed by atoms with van der Waals surface area (Å²) < 4.78 is 15.8. The molecule has 202 valence electrons. The van der Waals surface area contributed by atoms with E-state index < -0.39 is 18.2 Å². The molecule has 0 aliphatic heterocycles. The second kappa shape index (κ2) is 12.8. The SMILES string of the molecule is Cc1ccc([O][Ti](=[CH]c2cnc3ccccc3c2)[O]c2ccc(C)cc2C(C)(C)C)c(C(C)(C)C)c1.Cl.Cl. The first kappa shape index (κ1) is 32.0. The van der Waals surface area contributed by atoms with Crippen LogP contribution in [0, 0.1) is 13.8 Å². The van der Waals surface area contributed by atoms with E-state index in [1.54, 1.807) is 0 Å². The molecule has 0 saturated heterocycles. The first-order chi connectivity index (χ1) is 16.9. The van der Waals surface area contributed by atoms with Crippen LogP contribution in [-0.2, 0) is 29.0 Å². The molecule has 0 unspecified atom stereocenters. The summed E-state index contributed by atoms with van der Waals surface area (Å²) in [7, 11) is 0. The molecule has 0 aliphatic rings. The molecule has 0 spiro atoms. The summed E-state index contributed by atoms with van der Waals surface area (Å²) >= 11 is -2.74. The predicted octanol–water partition coefficient (Wildman–Crippen LogP) is 9.05. The number of hydrogen-bond acceptors (Lipinski definition) is 3. The molecule has 0 radical (unpaired) electrons. The Bertz CT molecular complexity index is 1370. The normalized spacial score (nSPS) is 11.3. The van der Waals surface area contributed by atoms with E-state index in [9.17, 15) is 0 Å². The van der Waals surface area contributed by atoms with Gasteiger partial charge in [0.15, 0.2) is 0 Å². The van der Waals surface area contributed by atoms with Crippen LogP contribution in [0.4, 0.5) is 0 Å². The summed E-state index contributed by atoms with van der Waals surface area (Å²) in [6.07, 6.45) is 1.92. The zero-order valence-electron chi connectivity index (χ0n) is 23.6. The molecular weight excluding hydrogens is 549 g/mol. The van der Waals surface area contributed by atoms with E-state index in [1.165, 1.54) is 22.3 Å². The van der Waals surface area contributed by atoms with Crippen molar-refractivity contribution in [1.82, 2.24) is 4.98 Å². The van der Waals surface area contributed by atoms with Crippen LogP contribution >= 0.6 is 24.8 Å². The van der Waals surface area contributed by atoms with Crippen molar-refractivity contribution in [3.8, 4) is 11.5 Å². The number of aromatic nitrogens is 1. The van der Waals surface area contributed by atoms with Gasteiger partial charge < -0.3 is 0 Å². The number of fused-ring (bicyclic) bond motifs is 1. The Hall–Kier alpha value is -2.17. The Balaban J connectivity index is 0.00000253. The van der Waals surface area contributed by atoms with Crippen molar-refractivity contribution in [3.05, 3.63) is 101 Å². The van der Waals surface area contributed by atoms with Gasteiger partial charge in [-0.1, -0.05) is 0 Å². The van der Waals surface area contributed by atoms with Crippen molar-refractivity contribution in [2.75, 3.05) is 0 Å². The van der Waals surface area contributed by atoms with Gasteiger partial charge in [0.25, 0.3) is 0 Å². The first-order valence-corrected chi connectivity index (χ1v) is 14.7. The minimum Gasteiger partial charge on any atom is -0.147 e. The molecule has 0 N–H and O–H groups in total. The van der Waals surface area contributed by atoms with Crippen molar-refractivity contribution in [2.24, 2.45) is 0 Å². The van der Waals surface area contributed by atoms with Crippen LogP contribution in [0.2, 0.25) is 0 Å². The molecule has 3 aromatic carbocycles. The molecule has 0 bridgehead atoms. The quantitative estimate of drug-likeness (QED) is 0.218. The maximum absolute atomic E-state index is 6.81. The van der Waals surface area contributed by atoms with Crippen LogP contribution in [-0.4, -0.2) is 9.30 Å². The molecule has 0 saturated carbocycles. The van der Waals surface area contributed by atoms with Crippen molar-refractivity contribution in [2.45, 2.75) is 66.2 Å². The number of pyridine rings is 1. The molecule has 1 aromatic heterocycles. The molecule has 38 heavy (non-hydrogen) atoms. The second-order valence-electron chi connectivity index (χ2n) is 11.6. The number of benzene rings is 3. The Morgan fingerprint density at radius 1 is 0.684 bits per heavy atom. The first-order valence-electron chi connectivity index (χ1n) is 12.5. The molecular formula is C32H39Cl2NO2Ti. The zero-order valence-corrected chi connectivity index (χ0v) is 26.8. The Kier molecular flexibility index (Phi) is 10.8. The second-order valence-corrected chi connectivity index (χ2v) is 13.7. The van der Waals surface area contributed by atoms with Gasteiger partial charge in [-0.05, 0) is 0 Å². The van der Waals surface area contributed by atoms with Crippen LogP contribution in [0.3, 0.4) is 0 Å². The summed E-state index contributed by atoms with van der Waals surface area (Å²) in [4.78, 5) is 4.67. The molecule has 4 rings (SSSR count). The van der Waals surface area contributed by atoms with E-state index in [2.05, 4.69) is 113 Å². The monoisotopic (exact) mass is 587 g/mol. The van der Waals surface area contributed by atoms with E-state index >= 15 is 0 Å². The van der Waals surface area contributed by atoms with Crippen molar-refractivity contribution in [3.63, 3.8) is 0 Å². The molecule has 1 heterocycles. The number of hydrogen-bond donors (Lipinski definition) is 0. The molecule has 0 aliphatic carbocycles. The molecule has 0 atom stereocenters. The average Bonchev–Trinajstić information content (AvgIpc) is 2.80. The van der Waals surface area contributed by atoms with E-state index in [0.29, 0.717) is 0 Å². The van der Waals surface area contributed by atoms with Gasteiger partial charge in [0.2, 0.25) is 0 Å². The van der Waals surface area contributed by atoms with Gasteiger partial charge >= 0.3 is 223 Å². The fourth-order valence-electron chi connectivity index (χ4n) is 4.24. The summed E-state index contributed by atoms with van der Waals surface area (Å²) in [6, 6.07) is 23.2. The maximum atomic E-state index is 6.81. The molecule has 0 fully saturated rings. The fourth-order valence-corrected chi connectivity index (χ4v) is 6.39. The number of para-hydroxylation sites is 1. The van der Waals surface area contributed by atoms with Gasteiger partial charge in [0.1, 0.15) is 0 Å². The van der Waals surface area contributed by atoms with Crippen molar-refractivity contribution in [1.29, 1.82) is 0 Å². The van der Waals surface area contributed by atoms with E-state index in [0.717, 1.165) is 28.0 Å². The summed E-state index contributed by atoms with van der Waals surface area (Å²) in [6.45, 7) is 17.6. The van der Waals surface area contributed by atoms with Crippen LogP contribution in [0.5, 0.6) is 11.5 Å². The van der Waals surface area contributed by atoms with Crippen LogP contribution < -0.4 is 6.64 Å². The standard InChI is InChI=1S/2C11H16O.C10H7N.2ClH.Ti/c2*1-8-5-6-10(12)9(7-8)11(2,3)4;1-8-6-9-4-2-3-5-10(9)11-7-8;;;/h2*5-7,12H,1-4H3;1-7H;2*1H;/q;;;;;+2/p-2. The molecule has 6 heteroatoms. The number of rotatable bonds is 5. The minimum absolute atomic E-state index is 0. The van der Waals surface area contributed by atoms with Crippen LogP contribution in [0.15, 0.2) is 72.9 Å². The number of nitrogens with zero attached hydrogens (tertiary/aromatic N) is 1. The van der Waals surface area contributed by atoms with Crippen LogP contribution in [0.1, 0.15) is 69.4 Å². The van der Waals surface area contributed by atoms with Gasteiger partial charge in [-0.15, -0.1) is 24.8 Å². The van der Waals surface area contributed by atoms with Gasteiger partial charge in [-0.2, -0.15) is 0 Å². The average molecular weight is 588 g/mol. The third-order valence-electron chi connectivity index (χ3n) is 6.20. The van der Waals surface area contributed by atoms with Crippen molar-refractivity contribution < 1.29 is 24.8 Å². The molecule has 3 nitrogen and oxygen atoms in total. The Labute approximate surface area is 247 Å². The van der Waals surface area contributed by atoms with Crippen LogP contribution in [0.25, 0.3) is 10.9 Å². The Morgan fingerprint density at radius 2 is 1.18 bits per heavy atom.